The summed E-state index contributed by atoms with van der Waals surface area (Å²) in [4.78, 5) is 17.6. The number of alkyl halides is 3. The number of pyridine rings is 1. The van der Waals surface area contributed by atoms with Crippen molar-refractivity contribution in [2.75, 3.05) is 17.7 Å². The summed E-state index contributed by atoms with van der Waals surface area (Å²) in [6, 6.07) is 9.60. The number of halogens is 4. The van der Waals surface area contributed by atoms with E-state index in [2.05, 4.69) is 15.6 Å². The predicted molar refractivity (Wildman–Crippen MR) is 125 cm³/mol. The van der Waals surface area contributed by atoms with Crippen molar-refractivity contribution in [2.45, 2.75) is 30.7 Å². The molecule has 33 heavy (non-hydrogen) atoms. The molecule has 2 amide bonds. The van der Waals surface area contributed by atoms with Crippen LogP contribution in [0.3, 0.4) is 0 Å². The van der Waals surface area contributed by atoms with Crippen molar-refractivity contribution < 1.29 is 22.7 Å². The van der Waals surface area contributed by atoms with Gasteiger partial charge in [0.25, 0.3) is 0 Å². The van der Waals surface area contributed by atoms with E-state index in [4.69, 9.17) is 16.3 Å². The maximum absolute atomic E-state index is 13.0. The zero-order valence-corrected chi connectivity index (χ0v) is 19.6. The number of carbonyl (C=O) groups is 1. The minimum Gasteiger partial charge on any atom is -0.496 e. The van der Waals surface area contributed by atoms with Gasteiger partial charge in [0.2, 0.25) is 0 Å². The zero-order chi connectivity index (χ0) is 24.2. The number of methoxy groups -OCH3 is 1. The lowest BCUT2D eigenvalue weighted by molar-refractivity contribution is -0.137. The number of urea groups is 1. The Kier molecular flexibility index (Phi) is 7.76. The van der Waals surface area contributed by atoms with Gasteiger partial charge in [-0.15, -0.1) is 11.8 Å². The Morgan fingerprint density at radius 2 is 1.73 bits per heavy atom. The lowest BCUT2D eigenvalue weighted by Crippen LogP contribution is -2.19. The lowest BCUT2D eigenvalue weighted by Gasteiger charge is -2.13. The van der Waals surface area contributed by atoms with Gasteiger partial charge in [0, 0.05) is 39.3 Å². The van der Waals surface area contributed by atoms with Gasteiger partial charge in [-0.3, -0.25) is 4.98 Å². The van der Waals surface area contributed by atoms with E-state index in [0.717, 1.165) is 39.6 Å². The molecular formula is C23H21ClF3N3O2S. The fourth-order valence-electron chi connectivity index (χ4n) is 3.12. The molecule has 2 N–H and O–H groups in total. The van der Waals surface area contributed by atoms with Gasteiger partial charge in [-0.2, -0.15) is 13.2 Å². The molecule has 174 valence electrons. The number of aryl methyl sites for hydroxylation is 1. The molecule has 0 spiro atoms. The molecule has 0 saturated carbocycles. The molecule has 1 aromatic heterocycles. The van der Waals surface area contributed by atoms with E-state index in [0.29, 0.717) is 11.4 Å². The summed E-state index contributed by atoms with van der Waals surface area (Å²) < 4.78 is 44.4. The minimum atomic E-state index is -4.61. The largest absolute Gasteiger partial charge is 0.496 e. The number of nitrogens with one attached hydrogen (secondary N) is 2. The Labute approximate surface area is 198 Å². The standard InChI is InChI=1S/C23H21ClF3N3O2S/c1-13-11-28-20(14(2)21(13)32-3)12-33-17-7-4-15(5-8-17)29-22(31)30-16-6-9-19(24)18(10-16)23(25,26)27/h4-11H,12H2,1-3H3,(H2,29,30,31). The van der Waals surface area contributed by atoms with Gasteiger partial charge in [-0.25, -0.2) is 4.79 Å². The molecule has 0 atom stereocenters. The molecule has 5 nitrogen and oxygen atoms in total. The number of anilines is 2. The lowest BCUT2D eigenvalue weighted by atomic mass is 10.1. The second-order valence-corrected chi connectivity index (χ2v) is 8.59. The summed E-state index contributed by atoms with van der Waals surface area (Å²) >= 11 is 7.18. The maximum atomic E-state index is 13.0. The van der Waals surface area contributed by atoms with E-state index >= 15 is 0 Å². The summed E-state index contributed by atoms with van der Waals surface area (Å²) in [5, 5.41) is 4.54. The van der Waals surface area contributed by atoms with Crippen molar-refractivity contribution in [2.24, 2.45) is 0 Å². The quantitative estimate of drug-likeness (QED) is 0.352. The van der Waals surface area contributed by atoms with Gasteiger partial charge < -0.3 is 15.4 Å². The van der Waals surface area contributed by atoms with Gasteiger partial charge in [-0.1, -0.05) is 11.6 Å². The van der Waals surface area contributed by atoms with E-state index in [1.165, 1.54) is 6.07 Å². The normalized spacial score (nSPS) is 11.2. The summed E-state index contributed by atoms with van der Waals surface area (Å²) in [6.07, 6.45) is -2.83. The van der Waals surface area contributed by atoms with Gasteiger partial charge in [0.1, 0.15) is 5.75 Å². The van der Waals surface area contributed by atoms with Crippen LogP contribution in [0.15, 0.2) is 53.6 Å². The Hall–Kier alpha value is -2.91. The fourth-order valence-corrected chi connectivity index (χ4v) is 4.26. The van der Waals surface area contributed by atoms with Crippen LogP contribution >= 0.6 is 23.4 Å². The number of aromatic nitrogens is 1. The van der Waals surface area contributed by atoms with Crippen LogP contribution in [0.2, 0.25) is 5.02 Å². The van der Waals surface area contributed by atoms with E-state index < -0.39 is 22.8 Å². The summed E-state index contributed by atoms with van der Waals surface area (Å²) in [6.45, 7) is 3.92. The second kappa shape index (κ2) is 10.4. The van der Waals surface area contributed by atoms with Crippen molar-refractivity contribution >= 4 is 40.8 Å². The topological polar surface area (TPSA) is 63.2 Å². The van der Waals surface area contributed by atoms with Crippen LogP contribution < -0.4 is 15.4 Å². The third-order valence-corrected chi connectivity index (χ3v) is 6.12. The summed E-state index contributed by atoms with van der Waals surface area (Å²) in [5.74, 6) is 1.47. The average Bonchev–Trinajstić information content (AvgIpc) is 2.75. The highest BCUT2D eigenvalue weighted by molar-refractivity contribution is 7.98. The molecule has 3 aromatic rings. The van der Waals surface area contributed by atoms with Gasteiger partial charge in [0.15, 0.2) is 0 Å². The second-order valence-electron chi connectivity index (χ2n) is 7.13. The number of hydrogen-bond donors (Lipinski definition) is 2. The molecule has 0 aliphatic rings. The molecule has 0 radical (unpaired) electrons. The molecule has 0 fully saturated rings. The van der Waals surface area contributed by atoms with Crippen molar-refractivity contribution in [3.63, 3.8) is 0 Å². The SMILES string of the molecule is COc1c(C)cnc(CSc2ccc(NC(=O)Nc3ccc(Cl)c(C(F)(F)F)c3)cc2)c1C. The summed E-state index contributed by atoms with van der Waals surface area (Å²) in [5.41, 5.74) is 2.35. The van der Waals surface area contributed by atoms with Crippen LogP contribution in [-0.4, -0.2) is 18.1 Å². The molecular weight excluding hydrogens is 475 g/mol. The predicted octanol–water partition coefficient (Wildman–Crippen LogP) is 7.32. The number of amides is 2. The smallest absolute Gasteiger partial charge is 0.417 e. The molecule has 0 saturated heterocycles. The minimum absolute atomic E-state index is 0.0206. The highest BCUT2D eigenvalue weighted by Crippen LogP contribution is 2.36. The highest BCUT2D eigenvalue weighted by atomic mass is 35.5. The van der Waals surface area contributed by atoms with E-state index in [9.17, 15) is 18.0 Å². The number of thioether (sulfide) groups is 1. The molecule has 0 unspecified atom stereocenters. The van der Waals surface area contributed by atoms with Gasteiger partial charge in [0.05, 0.1) is 23.4 Å². The molecule has 0 bridgehead atoms. The highest BCUT2D eigenvalue weighted by Gasteiger charge is 2.33. The van der Waals surface area contributed by atoms with Crippen LogP contribution in [0, 0.1) is 13.8 Å². The van der Waals surface area contributed by atoms with Gasteiger partial charge in [-0.05, 0) is 56.3 Å². The number of carbonyl (C=O) groups excluding carboxylic acids is 1. The maximum Gasteiger partial charge on any atom is 0.417 e. The van der Waals surface area contributed by atoms with Crippen molar-refractivity contribution in [1.29, 1.82) is 0 Å². The first kappa shape index (κ1) is 24.7. The van der Waals surface area contributed by atoms with Crippen molar-refractivity contribution in [3.8, 4) is 5.75 Å². The molecule has 0 aliphatic carbocycles. The Morgan fingerprint density at radius 1 is 1.09 bits per heavy atom. The molecule has 0 aliphatic heterocycles. The monoisotopic (exact) mass is 495 g/mol. The number of rotatable bonds is 6. The molecule has 10 heteroatoms. The van der Waals surface area contributed by atoms with E-state index in [-0.39, 0.29) is 5.69 Å². The third-order valence-electron chi connectivity index (χ3n) is 4.77. The first-order valence-corrected chi connectivity index (χ1v) is 11.1. The number of ether oxygens (including phenoxy) is 1. The Balaban J connectivity index is 1.59. The molecule has 2 aromatic carbocycles. The average molecular weight is 496 g/mol. The van der Waals surface area contributed by atoms with Gasteiger partial charge >= 0.3 is 12.2 Å². The van der Waals surface area contributed by atoms with Crippen LogP contribution in [0.5, 0.6) is 5.75 Å². The first-order valence-electron chi connectivity index (χ1n) is 9.75. The zero-order valence-electron chi connectivity index (χ0n) is 18.0. The first-order chi connectivity index (χ1) is 15.6. The van der Waals surface area contributed by atoms with Crippen molar-refractivity contribution in [3.05, 3.63) is 76.1 Å². The number of nitrogens with zero attached hydrogens (tertiary/aromatic N) is 1. The number of hydrogen-bond acceptors (Lipinski definition) is 4. The fraction of sp³-hybridized carbons (Fsp3) is 0.217. The summed E-state index contributed by atoms with van der Waals surface area (Å²) in [7, 11) is 1.64. The number of benzene rings is 2. The van der Waals surface area contributed by atoms with Crippen LogP contribution in [0.4, 0.5) is 29.3 Å². The Morgan fingerprint density at radius 3 is 2.36 bits per heavy atom. The molecule has 1 heterocycles. The van der Waals surface area contributed by atoms with Crippen molar-refractivity contribution in [1.82, 2.24) is 4.98 Å². The van der Waals surface area contributed by atoms with Crippen LogP contribution in [0.1, 0.15) is 22.4 Å². The van der Waals surface area contributed by atoms with Crippen LogP contribution in [-0.2, 0) is 11.9 Å². The molecule has 3 rings (SSSR count). The Bertz CT molecular complexity index is 1150. The van der Waals surface area contributed by atoms with E-state index in [1.54, 1.807) is 37.2 Å². The van der Waals surface area contributed by atoms with E-state index in [1.807, 2.05) is 26.0 Å². The third kappa shape index (κ3) is 6.33. The van der Waals surface area contributed by atoms with Crippen LogP contribution in [0.25, 0.3) is 0 Å².